The monoisotopic (exact) mass is 402 g/mol. The molecule has 0 bridgehead atoms. The Kier molecular flexibility index (Phi) is 6.24. The van der Waals surface area contributed by atoms with Crippen molar-refractivity contribution in [2.75, 3.05) is 23.7 Å². The Morgan fingerprint density at radius 1 is 1.18 bits per heavy atom. The summed E-state index contributed by atoms with van der Waals surface area (Å²) in [5, 5.41) is 3.04. The predicted octanol–water partition coefficient (Wildman–Crippen LogP) is 3.51. The fourth-order valence-corrected chi connectivity index (χ4v) is 5.01. The summed E-state index contributed by atoms with van der Waals surface area (Å²) in [6.45, 7) is 2.46. The number of carbonyl (C=O) groups is 1. The minimum absolute atomic E-state index is 0.138. The van der Waals surface area contributed by atoms with Crippen LogP contribution in [-0.4, -0.2) is 33.7 Å². The van der Waals surface area contributed by atoms with Crippen LogP contribution in [-0.2, 0) is 10.0 Å². The van der Waals surface area contributed by atoms with Gasteiger partial charge >= 0.3 is 0 Å². The van der Waals surface area contributed by atoms with Crippen LogP contribution in [0.5, 0.6) is 5.75 Å². The predicted molar refractivity (Wildman–Crippen MR) is 110 cm³/mol. The van der Waals surface area contributed by atoms with Gasteiger partial charge in [-0.2, -0.15) is 0 Å². The third-order valence-corrected chi connectivity index (χ3v) is 6.85. The number of nitrogens with one attached hydrogen (secondary N) is 1. The number of hydrogen-bond donors (Lipinski definition) is 1. The van der Waals surface area contributed by atoms with Crippen LogP contribution >= 0.6 is 0 Å². The normalized spacial score (nSPS) is 17.0. The zero-order valence-electron chi connectivity index (χ0n) is 16.2. The van der Waals surface area contributed by atoms with Gasteiger partial charge in [0.05, 0.1) is 24.6 Å². The van der Waals surface area contributed by atoms with Crippen LogP contribution in [0, 0.1) is 0 Å². The second-order valence-corrected chi connectivity index (χ2v) is 8.87. The minimum atomic E-state index is -3.31. The second-order valence-electron chi connectivity index (χ2n) is 6.85. The maximum absolute atomic E-state index is 12.8. The van der Waals surface area contributed by atoms with E-state index in [1.807, 2.05) is 31.2 Å². The van der Waals surface area contributed by atoms with Gasteiger partial charge in [0, 0.05) is 12.1 Å². The largest absolute Gasteiger partial charge is 0.497 e. The lowest BCUT2D eigenvalue weighted by Gasteiger charge is -2.28. The summed E-state index contributed by atoms with van der Waals surface area (Å²) < 4.78 is 31.3. The summed E-state index contributed by atoms with van der Waals surface area (Å²) in [5.41, 5.74) is 1.99. The first-order valence-electron chi connectivity index (χ1n) is 9.50. The van der Waals surface area contributed by atoms with Crippen LogP contribution in [0.4, 0.5) is 5.69 Å². The molecule has 1 unspecified atom stereocenters. The van der Waals surface area contributed by atoms with Crippen molar-refractivity contribution in [1.82, 2.24) is 5.32 Å². The lowest BCUT2D eigenvalue weighted by atomic mass is 10.0. The van der Waals surface area contributed by atoms with Crippen LogP contribution in [0.1, 0.15) is 48.1 Å². The van der Waals surface area contributed by atoms with Crippen molar-refractivity contribution in [1.29, 1.82) is 0 Å². The summed E-state index contributed by atoms with van der Waals surface area (Å²) in [4.78, 5) is 12.8. The molecule has 1 aliphatic heterocycles. The SMILES string of the molecule is CCC(NC(=O)c1cccc(N2CCCCS2(=O)=O)c1)c1ccc(OC)cc1. The Hall–Kier alpha value is -2.54. The van der Waals surface area contributed by atoms with Crippen molar-refractivity contribution in [3.63, 3.8) is 0 Å². The van der Waals surface area contributed by atoms with E-state index in [2.05, 4.69) is 5.32 Å². The lowest BCUT2D eigenvalue weighted by molar-refractivity contribution is 0.0935. The molecular formula is C21H26N2O4S. The van der Waals surface area contributed by atoms with Gasteiger partial charge in [0.1, 0.15) is 5.75 Å². The van der Waals surface area contributed by atoms with Gasteiger partial charge in [-0.25, -0.2) is 8.42 Å². The lowest BCUT2D eigenvalue weighted by Crippen LogP contribution is -2.38. The molecule has 1 aliphatic rings. The fourth-order valence-electron chi connectivity index (χ4n) is 3.38. The number of benzene rings is 2. The number of anilines is 1. The summed E-state index contributed by atoms with van der Waals surface area (Å²) in [7, 11) is -1.69. The highest BCUT2D eigenvalue weighted by molar-refractivity contribution is 7.92. The summed E-state index contributed by atoms with van der Waals surface area (Å²) in [6.07, 6.45) is 2.24. The molecule has 1 amide bonds. The topological polar surface area (TPSA) is 75.7 Å². The molecule has 1 fully saturated rings. The van der Waals surface area contributed by atoms with Crippen molar-refractivity contribution >= 4 is 21.6 Å². The molecule has 0 radical (unpaired) electrons. The molecule has 1 saturated heterocycles. The molecule has 0 aliphatic carbocycles. The Bertz CT molecular complexity index is 926. The third kappa shape index (κ3) is 4.47. The molecule has 1 heterocycles. The van der Waals surface area contributed by atoms with Crippen LogP contribution in [0.25, 0.3) is 0 Å². The van der Waals surface area contributed by atoms with Gasteiger partial charge in [-0.3, -0.25) is 9.10 Å². The van der Waals surface area contributed by atoms with Crippen molar-refractivity contribution in [2.45, 2.75) is 32.2 Å². The van der Waals surface area contributed by atoms with E-state index in [0.29, 0.717) is 24.2 Å². The van der Waals surface area contributed by atoms with Gasteiger partial charge in [-0.15, -0.1) is 0 Å². The van der Waals surface area contributed by atoms with E-state index in [9.17, 15) is 13.2 Å². The first-order chi connectivity index (χ1) is 13.4. The molecular weight excluding hydrogens is 376 g/mol. The van der Waals surface area contributed by atoms with Crippen molar-refractivity contribution in [3.05, 3.63) is 59.7 Å². The van der Waals surface area contributed by atoms with E-state index in [1.54, 1.807) is 31.4 Å². The van der Waals surface area contributed by atoms with E-state index in [-0.39, 0.29) is 17.7 Å². The Morgan fingerprint density at radius 3 is 2.57 bits per heavy atom. The molecule has 0 aromatic heterocycles. The highest BCUT2D eigenvalue weighted by Crippen LogP contribution is 2.25. The first-order valence-corrected chi connectivity index (χ1v) is 11.1. The Balaban J connectivity index is 1.78. The third-order valence-electron chi connectivity index (χ3n) is 4.98. The standard InChI is InChI=1S/C21H26N2O4S/c1-3-20(16-9-11-19(27-2)12-10-16)22-21(24)17-7-6-8-18(15-17)23-13-4-5-14-28(23,25)26/h6-12,15,20H,3-5,13-14H2,1-2H3,(H,22,24). The van der Waals surface area contributed by atoms with E-state index in [0.717, 1.165) is 24.2 Å². The molecule has 28 heavy (non-hydrogen) atoms. The number of ether oxygens (including phenoxy) is 1. The molecule has 3 rings (SSSR count). The van der Waals surface area contributed by atoms with Gasteiger partial charge in [0.25, 0.3) is 5.91 Å². The first kappa shape index (κ1) is 20.2. The molecule has 0 saturated carbocycles. The maximum atomic E-state index is 12.8. The maximum Gasteiger partial charge on any atom is 0.251 e. The van der Waals surface area contributed by atoms with E-state index in [1.165, 1.54) is 4.31 Å². The van der Waals surface area contributed by atoms with E-state index < -0.39 is 10.0 Å². The van der Waals surface area contributed by atoms with Gasteiger partial charge in [-0.05, 0) is 55.2 Å². The highest BCUT2D eigenvalue weighted by Gasteiger charge is 2.26. The molecule has 7 heteroatoms. The van der Waals surface area contributed by atoms with Crippen LogP contribution < -0.4 is 14.4 Å². The van der Waals surface area contributed by atoms with Crippen molar-refractivity contribution in [3.8, 4) is 5.75 Å². The number of methoxy groups -OCH3 is 1. The van der Waals surface area contributed by atoms with Gasteiger partial charge < -0.3 is 10.1 Å². The fraction of sp³-hybridized carbons (Fsp3) is 0.381. The van der Waals surface area contributed by atoms with Crippen molar-refractivity contribution in [2.24, 2.45) is 0 Å². The molecule has 1 N–H and O–H groups in total. The quantitative estimate of drug-likeness (QED) is 0.802. The number of rotatable bonds is 6. The molecule has 6 nitrogen and oxygen atoms in total. The Labute approximate surface area is 166 Å². The molecule has 150 valence electrons. The molecule has 1 atom stereocenters. The summed E-state index contributed by atoms with van der Waals surface area (Å²) >= 11 is 0. The number of sulfonamides is 1. The summed E-state index contributed by atoms with van der Waals surface area (Å²) in [6, 6.07) is 14.3. The number of amides is 1. The van der Waals surface area contributed by atoms with Crippen molar-refractivity contribution < 1.29 is 17.9 Å². The average molecular weight is 403 g/mol. The zero-order chi connectivity index (χ0) is 20.1. The smallest absolute Gasteiger partial charge is 0.251 e. The molecule has 0 spiro atoms. The highest BCUT2D eigenvalue weighted by atomic mass is 32.2. The summed E-state index contributed by atoms with van der Waals surface area (Å²) in [5.74, 6) is 0.693. The Morgan fingerprint density at radius 2 is 1.93 bits per heavy atom. The second kappa shape index (κ2) is 8.65. The number of hydrogen-bond acceptors (Lipinski definition) is 4. The van der Waals surface area contributed by atoms with E-state index >= 15 is 0 Å². The minimum Gasteiger partial charge on any atom is -0.497 e. The van der Waals surface area contributed by atoms with Crippen LogP contribution in [0.3, 0.4) is 0 Å². The van der Waals surface area contributed by atoms with E-state index in [4.69, 9.17) is 4.74 Å². The number of nitrogens with zero attached hydrogens (tertiary/aromatic N) is 1. The van der Waals surface area contributed by atoms with Crippen LogP contribution in [0.2, 0.25) is 0 Å². The average Bonchev–Trinajstić information content (AvgIpc) is 2.71. The van der Waals surface area contributed by atoms with Gasteiger partial charge in [-0.1, -0.05) is 25.1 Å². The molecule has 2 aromatic rings. The number of carbonyl (C=O) groups excluding carboxylic acids is 1. The zero-order valence-corrected chi connectivity index (χ0v) is 17.0. The van der Waals surface area contributed by atoms with Gasteiger partial charge in [0.2, 0.25) is 10.0 Å². The van der Waals surface area contributed by atoms with Crippen LogP contribution in [0.15, 0.2) is 48.5 Å². The molecule has 2 aromatic carbocycles. The van der Waals surface area contributed by atoms with Gasteiger partial charge in [0.15, 0.2) is 0 Å².